The Bertz CT molecular complexity index is 341. The maximum atomic E-state index is 10.1. The van der Waals surface area contributed by atoms with E-state index in [9.17, 15) is 5.11 Å². The fraction of sp³-hybridized carbons (Fsp3) is 0.667. The van der Waals surface area contributed by atoms with Gasteiger partial charge in [0.05, 0.1) is 15.5 Å². The van der Waals surface area contributed by atoms with E-state index < -0.39 is 0 Å². The van der Waals surface area contributed by atoms with Gasteiger partial charge in [0.15, 0.2) is 0 Å². The molecule has 1 heterocycles. The molecule has 1 aliphatic rings. The lowest BCUT2D eigenvalue weighted by Crippen LogP contribution is -2.42. The Balaban J connectivity index is 1.86. The maximum absolute atomic E-state index is 10.1. The monoisotopic (exact) mass is 304 g/mol. The number of methoxy groups -OCH3 is 1. The van der Waals surface area contributed by atoms with Crippen LogP contribution in [0.5, 0.6) is 0 Å². The van der Waals surface area contributed by atoms with Crippen LogP contribution < -0.4 is 0 Å². The van der Waals surface area contributed by atoms with Gasteiger partial charge >= 0.3 is 0 Å². The van der Waals surface area contributed by atoms with Crippen molar-refractivity contribution in [1.29, 1.82) is 0 Å². The molecule has 1 unspecified atom stereocenters. The van der Waals surface area contributed by atoms with E-state index in [4.69, 9.17) is 4.74 Å². The number of halogens is 1. The Kier molecular flexibility index (Phi) is 4.06. The number of ether oxygens (including phenoxy) is 1. The van der Waals surface area contributed by atoms with Crippen molar-refractivity contribution in [3.63, 3.8) is 0 Å². The molecule has 0 aromatic carbocycles. The quantitative estimate of drug-likeness (QED) is 0.904. The zero-order chi connectivity index (χ0) is 11.6. The largest absolute Gasteiger partial charge is 0.393 e. The minimum absolute atomic E-state index is 0.0338. The molecule has 1 N–H and O–H groups in total. The second-order valence-electron chi connectivity index (χ2n) is 4.51. The van der Waals surface area contributed by atoms with Gasteiger partial charge in [-0.05, 0) is 47.3 Å². The summed E-state index contributed by atoms with van der Waals surface area (Å²) in [6, 6.07) is 4.10. The molecule has 0 bridgehead atoms. The SMILES string of the molecule is COC1(CC(O)Cc2ccc(Br)s2)CCC1. The van der Waals surface area contributed by atoms with Crippen molar-refractivity contribution in [3.8, 4) is 0 Å². The number of rotatable bonds is 5. The Morgan fingerprint density at radius 2 is 2.31 bits per heavy atom. The van der Waals surface area contributed by atoms with Crippen molar-refractivity contribution < 1.29 is 9.84 Å². The molecular weight excluding hydrogens is 288 g/mol. The van der Waals surface area contributed by atoms with Crippen molar-refractivity contribution in [2.75, 3.05) is 7.11 Å². The van der Waals surface area contributed by atoms with Gasteiger partial charge in [0.25, 0.3) is 0 Å². The highest BCUT2D eigenvalue weighted by Crippen LogP contribution is 2.39. The summed E-state index contributed by atoms with van der Waals surface area (Å²) in [7, 11) is 1.76. The van der Waals surface area contributed by atoms with E-state index in [-0.39, 0.29) is 11.7 Å². The molecule has 16 heavy (non-hydrogen) atoms. The van der Waals surface area contributed by atoms with Gasteiger partial charge in [-0.2, -0.15) is 0 Å². The molecule has 1 atom stereocenters. The van der Waals surface area contributed by atoms with Gasteiger partial charge in [0, 0.05) is 24.8 Å². The van der Waals surface area contributed by atoms with Crippen LogP contribution in [-0.2, 0) is 11.2 Å². The Hall–Kier alpha value is 0.1000. The standard InChI is InChI=1S/C12H17BrO2S/c1-15-12(5-2-6-12)8-9(14)7-10-3-4-11(13)16-10/h3-4,9,14H,2,5-8H2,1H3. The van der Waals surface area contributed by atoms with Gasteiger partial charge in [-0.1, -0.05) is 0 Å². The smallest absolute Gasteiger partial charge is 0.0703 e. The fourth-order valence-corrected chi connectivity index (χ4v) is 3.81. The van der Waals surface area contributed by atoms with E-state index >= 15 is 0 Å². The predicted molar refractivity (Wildman–Crippen MR) is 69.9 cm³/mol. The van der Waals surface area contributed by atoms with Gasteiger partial charge in [-0.25, -0.2) is 0 Å². The lowest BCUT2D eigenvalue weighted by molar-refractivity contribution is -0.0988. The summed E-state index contributed by atoms with van der Waals surface area (Å²) in [5, 5.41) is 10.1. The van der Waals surface area contributed by atoms with E-state index in [1.54, 1.807) is 18.4 Å². The molecule has 1 aliphatic carbocycles. The van der Waals surface area contributed by atoms with Gasteiger partial charge in [0.1, 0.15) is 0 Å². The highest BCUT2D eigenvalue weighted by Gasteiger charge is 2.38. The predicted octanol–water partition coefficient (Wildman–Crippen LogP) is 3.37. The molecule has 90 valence electrons. The summed E-state index contributed by atoms with van der Waals surface area (Å²) in [6.45, 7) is 0. The van der Waals surface area contributed by atoms with Crippen LogP contribution in [0.25, 0.3) is 0 Å². The van der Waals surface area contributed by atoms with E-state index in [0.29, 0.717) is 0 Å². The molecule has 4 heteroatoms. The molecule has 1 aromatic rings. The van der Waals surface area contributed by atoms with Crippen molar-refractivity contribution in [3.05, 3.63) is 20.8 Å². The Morgan fingerprint density at radius 1 is 1.56 bits per heavy atom. The minimum Gasteiger partial charge on any atom is -0.393 e. The minimum atomic E-state index is -0.286. The van der Waals surface area contributed by atoms with Crippen molar-refractivity contribution in [1.82, 2.24) is 0 Å². The fourth-order valence-electron chi connectivity index (χ4n) is 2.26. The first-order chi connectivity index (χ1) is 7.63. The molecule has 1 aromatic heterocycles. The second kappa shape index (κ2) is 5.17. The summed E-state index contributed by atoms with van der Waals surface area (Å²) >= 11 is 5.13. The number of hydrogen-bond donors (Lipinski definition) is 1. The lowest BCUT2D eigenvalue weighted by Gasteiger charge is -2.41. The van der Waals surface area contributed by atoms with E-state index in [1.807, 2.05) is 6.07 Å². The van der Waals surface area contributed by atoms with Crippen LogP contribution in [0, 0.1) is 0 Å². The molecule has 0 radical (unpaired) electrons. The van der Waals surface area contributed by atoms with Gasteiger partial charge in [0.2, 0.25) is 0 Å². The molecule has 1 saturated carbocycles. The van der Waals surface area contributed by atoms with Crippen LogP contribution in [0.3, 0.4) is 0 Å². The van der Waals surface area contributed by atoms with Crippen LogP contribution in [0.1, 0.15) is 30.6 Å². The average Bonchev–Trinajstić information content (AvgIpc) is 2.57. The molecule has 2 nitrogen and oxygen atoms in total. The second-order valence-corrected chi connectivity index (χ2v) is 7.06. The highest BCUT2D eigenvalue weighted by molar-refractivity contribution is 9.11. The third kappa shape index (κ3) is 2.86. The van der Waals surface area contributed by atoms with E-state index in [1.165, 1.54) is 11.3 Å². The number of aliphatic hydroxyl groups is 1. The van der Waals surface area contributed by atoms with Crippen molar-refractivity contribution in [2.45, 2.75) is 43.8 Å². The highest BCUT2D eigenvalue weighted by atomic mass is 79.9. The first-order valence-corrected chi connectivity index (χ1v) is 7.22. The van der Waals surface area contributed by atoms with E-state index in [0.717, 1.165) is 29.5 Å². The first-order valence-electron chi connectivity index (χ1n) is 5.61. The number of hydrogen-bond acceptors (Lipinski definition) is 3. The van der Waals surface area contributed by atoms with Crippen LogP contribution in [0.4, 0.5) is 0 Å². The van der Waals surface area contributed by atoms with Crippen LogP contribution in [-0.4, -0.2) is 23.9 Å². The zero-order valence-corrected chi connectivity index (χ0v) is 11.8. The molecule has 0 spiro atoms. The molecule has 1 fully saturated rings. The summed E-state index contributed by atoms with van der Waals surface area (Å²) in [4.78, 5) is 1.23. The van der Waals surface area contributed by atoms with E-state index in [2.05, 4.69) is 22.0 Å². The lowest BCUT2D eigenvalue weighted by atomic mass is 9.76. The molecule has 0 aliphatic heterocycles. The zero-order valence-electron chi connectivity index (χ0n) is 9.41. The summed E-state index contributed by atoms with van der Waals surface area (Å²) in [5.74, 6) is 0. The normalized spacial score (nSPS) is 20.4. The van der Waals surface area contributed by atoms with Gasteiger partial charge in [-0.3, -0.25) is 0 Å². The summed E-state index contributed by atoms with van der Waals surface area (Å²) in [6.07, 6.45) is 4.63. The van der Waals surface area contributed by atoms with Crippen LogP contribution in [0.2, 0.25) is 0 Å². The van der Waals surface area contributed by atoms with Gasteiger partial charge < -0.3 is 9.84 Å². The first kappa shape index (κ1) is 12.6. The maximum Gasteiger partial charge on any atom is 0.0703 e. The molecule has 0 amide bonds. The summed E-state index contributed by atoms with van der Waals surface area (Å²) < 4.78 is 6.65. The van der Waals surface area contributed by atoms with Gasteiger partial charge in [-0.15, -0.1) is 11.3 Å². The third-order valence-electron chi connectivity index (χ3n) is 3.37. The Labute approximate surface area is 109 Å². The third-order valence-corrected chi connectivity index (χ3v) is 5.02. The molecular formula is C12H17BrO2S. The van der Waals surface area contributed by atoms with Crippen LogP contribution >= 0.6 is 27.3 Å². The Morgan fingerprint density at radius 3 is 2.75 bits per heavy atom. The number of aliphatic hydroxyl groups excluding tert-OH is 1. The average molecular weight is 305 g/mol. The molecule has 0 saturated heterocycles. The van der Waals surface area contributed by atoms with Crippen LogP contribution in [0.15, 0.2) is 15.9 Å². The molecule has 2 rings (SSSR count). The van der Waals surface area contributed by atoms with Crippen molar-refractivity contribution >= 4 is 27.3 Å². The number of thiophene rings is 1. The summed E-state index contributed by atoms with van der Waals surface area (Å²) in [5.41, 5.74) is -0.0338. The van der Waals surface area contributed by atoms with Crippen molar-refractivity contribution in [2.24, 2.45) is 0 Å². The topological polar surface area (TPSA) is 29.5 Å².